The zero-order chi connectivity index (χ0) is 14.5. The van der Waals surface area contributed by atoms with E-state index in [2.05, 4.69) is 11.4 Å². The van der Waals surface area contributed by atoms with Gasteiger partial charge < -0.3 is 10.2 Å². The third-order valence-corrected chi connectivity index (χ3v) is 3.56. The number of nitrogens with one attached hydrogen (secondary N) is 1. The second kappa shape index (κ2) is 6.20. The van der Waals surface area contributed by atoms with Crippen LogP contribution in [0.1, 0.15) is 30.9 Å². The Balaban J connectivity index is 1.99. The molecule has 1 aliphatic heterocycles. The molecule has 1 aromatic carbocycles. The van der Waals surface area contributed by atoms with E-state index in [9.17, 15) is 9.59 Å². The second-order valence-corrected chi connectivity index (χ2v) is 4.72. The zero-order valence-electron chi connectivity index (χ0n) is 11.4. The molecule has 0 aliphatic carbocycles. The molecule has 1 N–H and O–H groups in total. The number of rotatable bonds is 4. The van der Waals surface area contributed by atoms with Crippen LogP contribution in [0.2, 0.25) is 0 Å². The van der Waals surface area contributed by atoms with Crippen LogP contribution in [-0.4, -0.2) is 29.3 Å². The number of likely N-dealkylation sites (tertiary alicyclic amines) is 1. The number of likely N-dealkylation sites (N-methyl/N-ethyl adjacent to an activating group) is 1. The zero-order valence-corrected chi connectivity index (χ0v) is 11.4. The molecule has 5 heteroatoms. The van der Waals surface area contributed by atoms with Gasteiger partial charge in [0.05, 0.1) is 11.6 Å². The van der Waals surface area contributed by atoms with Gasteiger partial charge in [0.2, 0.25) is 11.8 Å². The molecule has 2 rings (SSSR count). The molecule has 104 valence electrons. The van der Waals surface area contributed by atoms with Crippen LogP contribution in [0.5, 0.6) is 0 Å². The summed E-state index contributed by atoms with van der Waals surface area (Å²) in [7, 11) is 0. The van der Waals surface area contributed by atoms with Gasteiger partial charge in [0, 0.05) is 19.5 Å². The molecule has 1 aromatic rings. The van der Waals surface area contributed by atoms with Crippen LogP contribution >= 0.6 is 0 Å². The third-order valence-electron chi connectivity index (χ3n) is 3.56. The molecule has 1 saturated heterocycles. The molecule has 0 aromatic heterocycles. The largest absolute Gasteiger partial charge is 0.350 e. The molecule has 1 atom stereocenters. The summed E-state index contributed by atoms with van der Waals surface area (Å²) in [6.07, 6.45) is 0.999. The van der Waals surface area contributed by atoms with Gasteiger partial charge in [-0.15, -0.1) is 0 Å². The Bertz CT molecular complexity index is 562. The highest BCUT2D eigenvalue weighted by Crippen LogP contribution is 2.18. The van der Waals surface area contributed by atoms with E-state index in [-0.39, 0.29) is 17.9 Å². The molecule has 20 heavy (non-hydrogen) atoms. The lowest BCUT2D eigenvalue weighted by Crippen LogP contribution is -2.44. The summed E-state index contributed by atoms with van der Waals surface area (Å²) >= 11 is 0. The first kappa shape index (κ1) is 14.1. The molecule has 1 unspecified atom stereocenters. The van der Waals surface area contributed by atoms with E-state index in [0.29, 0.717) is 31.5 Å². The number of amides is 2. The van der Waals surface area contributed by atoms with Crippen molar-refractivity contribution in [2.75, 3.05) is 6.54 Å². The van der Waals surface area contributed by atoms with Crippen molar-refractivity contribution < 1.29 is 9.59 Å². The number of carbonyl (C=O) groups is 2. The summed E-state index contributed by atoms with van der Waals surface area (Å²) in [5, 5.41) is 11.8. The minimum absolute atomic E-state index is 0.0325. The highest BCUT2D eigenvalue weighted by Gasteiger charge is 2.34. The Morgan fingerprint density at radius 2 is 2.25 bits per heavy atom. The molecule has 1 heterocycles. The monoisotopic (exact) mass is 271 g/mol. The van der Waals surface area contributed by atoms with Gasteiger partial charge in [0.1, 0.15) is 6.04 Å². The maximum atomic E-state index is 12.1. The van der Waals surface area contributed by atoms with E-state index in [1.54, 1.807) is 17.0 Å². The van der Waals surface area contributed by atoms with Crippen molar-refractivity contribution in [1.82, 2.24) is 10.2 Å². The minimum Gasteiger partial charge on any atom is -0.350 e. The van der Waals surface area contributed by atoms with Gasteiger partial charge in [-0.05, 0) is 25.0 Å². The van der Waals surface area contributed by atoms with Gasteiger partial charge in [0.25, 0.3) is 0 Å². The lowest BCUT2D eigenvalue weighted by atomic mass is 10.1. The van der Waals surface area contributed by atoms with Gasteiger partial charge in [-0.2, -0.15) is 5.26 Å². The first-order valence-electron chi connectivity index (χ1n) is 6.72. The maximum absolute atomic E-state index is 12.1. The fraction of sp³-hybridized carbons (Fsp3) is 0.400. The van der Waals surface area contributed by atoms with Gasteiger partial charge in [-0.3, -0.25) is 9.59 Å². The first-order chi connectivity index (χ1) is 9.67. The summed E-state index contributed by atoms with van der Waals surface area (Å²) in [4.78, 5) is 25.3. The van der Waals surface area contributed by atoms with E-state index in [4.69, 9.17) is 5.26 Å². The van der Waals surface area contributed by atoms with Crippen LogP contribution in [0.25, 0.3) is 0 Å². The van der Waals surface area contributed by atoms with E-state index >= 15 is 0 Å². The van der Waals surface area contributed by atoms with E-state index < -0.39 is 0 Å². The second-order valence-electron chi connectivity index (χ2n) is 4.72. The molecule has 1 fully saturated rings. The molecule has 1 aliphatic rings. The van der Waals surface area contributed by atoms with Crippen molar-refractivity contribution in [3.63, 3.8) is 0 Å². The van der Waals surface area contributed by atoms with Crippen LogP contribution in [0.15, 0.2) is 24.3 Å². The van der Waals surface area contributed by atoms with Gasteiger partial charge in [0.15, 0.2) is 0 Å². The summed E-state index contributed by atoms with van der Waals surface area (Å²) in [5.74, 6) is -0.115. The van der Waals surface area contributed by atoms with E-state index in [0.717, 1.165) is 5.56 Å². The Hall–Kier alpha value is -2.35. The Kier molecular flexibility index (Phi) is 4.36. The fourth-order valence-electron chi connectivity index (χ4n) is 2.49. The molecule has 2 amide bonds. The molecule has 0 bridgehead atoms. The number of nitrogens with zero attached hydrogens (tertiary/aromatic N) is 2. The molecular formula is C15H17N3O2. The number of benzene rings is 1. The van der Waals surface area contributed by atoms with Gasteiger partial charge in [-0.25, -0.2) is 0 Å². The molecule has 0 saturated carbocycles. The van der Waals surface area contributed by atoms with Crippen LogP contribution in [0, 0.1) is 11.3 Å². The number of hydrogen-bond donors (Lipinski definition) is 1. The van der Waals surface area contributed by atoms with Gasteiger partial charge >= 0.3 is 0 Å². The molecule has 0 radical (unpaired) electrons. The number of carbonyl (C=O) groups excluding carboxylic acids is 2. The SMILES string of the molecule is CCN1C(=O)CCC1C(=O)NCc1ccccc1C#N. The predicted molar refractivity (Wildman–Crippen MR) is 73.4 cm³/mol. The average Bonchev–Trinajstić information content (AvgIpc) is 2.86. The van der Waals surface area contributed by atoms with Crippen molar-refractivity contribution in [2.45, 2.75) is 32.4 Å². The van der Waals surface area contributed by atoms with Crippen molar-refractivity contribution in [3.8, 4) is 6.07 Å². The highest BCUT2D eigenvalue weighted by molar-refractivity contribution is 5.90. The maximum Gasteiger partial charge on any atom is 0.243 e. The lowest BCUT2D eigenvalue weighted by Gasteiger charge is -2.22. The predicted octanol–water partition coefficient (Wildman–Crippen LogP) is 1.19. The van der Waals surface area contributed by atoms with Crippen molar-refractivity contribution >= 4 is 11.8 Å². The van der Waals surface area contributed by atoms with Crippen LogP contribution in [0.4, 0.5) is 0 Å². The fourth-order valence-corrected chi connectivity index (χ4v) is 2.49. The van der Waals surface area contributed by atoms with Crippen LogP contribution < -0.4 is 5.32 Å². The van der Waals surface area contributed by atoms with Crippen LogP contribution in [-0.2, 0) is 16.1 Å². The number of nitriles is 1. The number of hydrogen-bond acceptors (Lipinski definition) is 3. The quantitative estimate of drug-likeness (QED) is 0.893. The van der Waals surface area contributed by atoms with E-state index in [1.165, 1.54) is 0 Å². The van der Waals surface area contributed by atoms with E-state index in [1.807, 2.05) is 19.1 Å². The third kappa shape index (κ3) is 2.80. The molecule has 5 nitrogen and oxygen atoms in total. The molecule has 0 spiro atoms. The van der Waals surface area contributed by atoms with Crippen LogP contribution in [0.3, 0.4) is 0 Å². The summed E-state index contributed by atoms with van der Waals surface area (Å²) in [5.41, 5.74) is 1.35. The molecular weight excluding hydrogens is 254 g/mol. The summed E-state index contributed by atoms with van der Waals surface area (Å²) < 4.78 is 0. The highest BCUT2D eigenvalue weighted by atomic mass is 16.2. The summed E-state index contributed by atoms with van der Waals surface area (Å²) in [6.45, 7) is 2.73. The standard InChI is InChI=1S/C15H17N3O2/c1-2-18-13(7-8-14(18)19)15(20)17-10-12-6-4-3-5-11(12)9-16/h3-6,13H,2,7-8,10H2,1H3,(H,17,20). The lowest BCUT2D eigenvalue weighted by molar-refractivity contribution is -0.135. The van der Waals surface area contributed by atoms with Crippen molar-refractivity contribution in [2.24, 2.45) is 0 Å². The topological polar surface area (TPSA) is 73.2 Å². The Morgan fingerprint density at radius 1 is 1.50 bits per heavy atom. The average molecular weight is 271 g/mol. The Morgan fingerprint density at radius 3 is 2.95 bits per heavy atom. The summed E-state index contributed by atoms with van der Waals surface area (Å²) in [6, 6.07) is 8.89. The smallest absolute Gasteiger partial charge is 0.243 e. The van der Waals surface area contributed by atoms with Crippen molar-refractivity contribution in [3.05, 3.63) is 35.4 Å². The minimum atomic E-state index is -0.373. The normalized spacial score (nSPS) is 17.9. The van der Waals surface area contributed by atoms with Crippen molar-refractivity contribution in [1.29, 1.82) is 5.26 Å². The van der Waals surface area contributed by atoms with Gasteiger partial charge in [-0.1, -0.05) is 18.2 Å². The Labute approximate surface area is 118 Å². The first-order valence-corrected chi connectivity index (χ1v) is 6.72.